The van der Waals surface area contributed by atoms with Crippen LogP contribution in [0.3, 0.4) is 0 Å². The van der Waals surface area contributed by atoms with E-state index in [1.807, 2.05) is 29.6 Å². The number of nitrogens with zero attached hydrogens (tertiary/aromatic N) is 1. The molecule has 17 heavy (non-hydrogen) atoms. The van der Waals surface area contributed by atoms with Gasteiger partial charge in [-0.25, -0.2) is 4.98 Å². The van der Waals surface area contributed by atoms with Gasteiger partial charge in [0.05, 0.1) is 17.8 Å². The van der Waals surface area contributed by atoms with E-state index in [-0.39, 0.29) is 0 Å². The average Bonchev–Trinajstić information content (AvgIpc) is 2.90. The lowest BCUT2D eigenvalue weighted by Crippen LogP contribution is -2.00. The highest BCUT2D eigenvalue weighted by atomic mass is 32.1. The van der Waals surface area contributed by atoms with Crippen LogP contribution in [0.25, 0.3) is 0 Å². The summed E-state index contributed by atoms with van der Waals surface area (Å²) in [4.78, 5) is 4.10. The van der Waals surface area contributed by atoms with Gasteiger partial charge >= 0.3 is 0 Å². The summed E-state index contributed by atoms with van der Waals surface area (Å²) < 4.78 is 5.49. The second-order valence-corrected chi connectivity index (χ2v) is 4.45. The number of aromatic nitrogens is 1. The van der Waals surface area contributed by atoms with Crippen molar-refractivity contribution in [2.24, 2.45) is 0 Å². The van der Waals surface area contributed by atoms with Crippen LogP contribution in [0.2, 0.25) is 0 Å². The number of hydrogen-bond acceptors (Lipinski definition) is 4. The topological polar surface area (TPSA) is 42.4 Å². The maximum atomic E-state index is 10.1. The Bertz CT molecular complexity index is 439. The van der Waals surface area contributed by atoms with Gasteiger partial charge in [0.25, 0.3) is 0 Å². The molecule has 1 N–H and O–H groups in total. The third kappa shape index (κ3) is 3.05. The van der Waals surface area contributed by atoms with Gasteiger partial charge in [0.1, 0.15) is 11.9 Å². The van der Waals surface area contributed by atoms with Crippen LogP contribution in [0.1, 0.15) is 30.7 Å². The molecule has 0 aliphatic rings. The monoisotopic (exact) mass is 249 g/mol. The van der Waals surface area contributed by atoms with Gasteiger partial charge in [0.15, 0.2) is 0 Å². The Morgan fingerprint density at radius 2 is 2.12 bits per heavy atom. The number of thiazole rings is 1. The van der Waals surface area contributed by atoms with Crippen LogP contribution in [0.5, 0.6) is 5.75 Å². The number of aliphatic hydroxyl groups excluding tert-OH is 1. The second kappa shape index (κ2) is 5.80. The third-order valence-corrected chi connectivity index (χ3v) is 3.00. The molecule has 0 amide bonds. The molecule has 0 aliphatic heterocycles. The molecule has 0 radical (unpaired) electrons. The molecule has 4 heteroatoms. The molecule has 1 aromatic heterocycles. The van der Waals surface area contributed by atoms with Crippen molar-refractivity contribution >= 4 is 11.3 Å². The van der Waals surface area contributed by atoms with E-state index in [4.69, 9.17) is 4.74 Å². The van der Waals surface area contributed by atoms with Crippen LogP contribution < -0.4 is 4.74 Å². The van der Waals surface area contributed by atoms with Gasteiger partial charge in [-0.15, -0.1) is 11.3 Å². The second-order valence-electron chi connectivity index (χ2n) is 3.73. The minimum Gasteiger partial charge on any atom is -0.494 e. The molecule has 1 heterocycles. The standard InChI is InChI=1S/C13H15NO2S/c1-2-7-16-11-5-3-10(4-6-11)13(15)12-8-17-9-14-12/h3-6,8-9,13,15H,2,7H2,1H3. The summed E-state index contributed by atoms with van der Waals surface area (Å²) in [6.45, 7) is 2.79. The average molecular weight is 249 g/mol. The molecule has 0 saturated heterocycles. The minimum absolute atomic E-state index is 0.651. The fourth-order valence-corrected chi connectivity index (χ4v) is 2.07. The van der Waals surface area contributed by atoms with Crippen molar-refractivity contribution in [3.63, 3.8) is 0 Å². The van der Waals surface area contributed by atoms with E-state index in [1.54, 1.807) is 5.51 Å². The molecular formula is C13H15NO2S. The van der Waals surface area contributed by atoms with E-state index in [1.165, 1.54) is 11.3 Å². The number of rotatable bonds is 5. The van der Waals surface area contributed by atoms with Crippen molar-refractivity contribution < 1.29 is 9.84 Å². The maximum Gasteiger partial charge on any atom is 0.122 e. The lowest BCUT2D eigenvalue weighted by atomic mass is 10.1. The molecule has 1 atom stereocenters. The number of ether oxygens (including phenoxy) is 1. The zero-order valence-electron chi connectivity index (χ0n) is 9.67. The summed E-state index contributed by atoms with van der Waals surface area (Å²) >= 11 is 1.48. The summed E-state index contributed by atoms with van der Waals surface area (Å²) in [5.41, 5.74) is 3.24. The van der Waals surface area contributed by atoms with E-state index < -0.39 is 6.10 Å². The highest BCUT2D eigenvalue weighted by Crippen LogP contribution is 2.23. The minimum atomic E-state index is -0.651. The summed E-state index contributed by atoms with van der Waals surface area (Å²) in [6.07, 6.45) is 0.338. The zero-order chi connectivity index (χ0) is 12.1. The first-order valence-corrected chi connectivity index (χ1v) is 6.54. The van der Waals surface area contributed by atoms with Gasteiger partial charge < -0.3 is 9.84 Å². The fraction of sp³-hybridized carbons (Fsp3) is 0.308. The van der Waals surface area contributed by atoms with Crippen LogP contribution in [-0.4, -0.2) is 16.7 Å². The van der Waals surface area contributed by atoms with E-state index in [2.05, 4.69) is 11.9 Å². The predicted octanol–water partition coefficient (Wildman–Crippen LogP) is 3.01. The number of benzene rings is 1. The van der Waals surface area contributed by atoms with Gasteiger partial charge in [0.2, 0.25) is 0 Å². The van der Waals surface area contributed by atoms with Crippen molar-refractivity contribution in [3.05, 3.63) is 46.4 Å². The van der Waals surface area contributed by atoms with Gasteiger partial charge in [-0.2, -0.15) is 0 Å². The molecule has 0 aliphatic carbocycles. The molecule has 90 valence electrons. The summed E-state index contributed by atoms with van der Waals surface area (Å²) in [5.74, 6) is 0.834. The van der Waals surface area contributed by atoms with Crippen molar-refractivity contribution in [2.75, 3.05) is 6.61 Å². The highest BCUT2D eigenvalue weighted by Gasteiger charge is 2.11. The van der Waals surface area contributed by atoms with Gasteiger partial charge in [0, 0.05) is 5.38 Å². The number of aliphatic hydroxyl groups is 1. The van der Waals surface area contributed by atoms with Crippen molar-refractivity contribution in [1.82, 2.24) is 4.98 Å². The molecule has 0 fully saturated rings. The van der Waals surface area contributed by atoms with Gasteiger partial charge in [-0.1, -0.05) is 19.1 Å². The Kier molecular flexibility index (Phi) is 4.12. The summed E-state index contributed by atoms with van der Waals surface area (Å²) in [5, 5.41) is 11.9. The Morgan fingerprint density at radius 3 is 2.71 bits per heavy atom. The molecule has 0 spiro atoms. The Morgan fingerprint density at radius 1 is 1.35 bits per heavy atom. The molecular weight excluding hydrogens is 234 g/mol. The quantitative estimate of drug-likeness (QED) is 0.885. The zero-order valence-corrected chi connectivity index (χ0v) is 10.5. The van der Waals surface area contributed by atoms with E-state index in [9.17, 15) is 5.11 Å². The highest BCUT2D eigenvalue weighted by molar-refractivity contribution is 7.07. The van der Waals surface area contributed by atoms with Gasteiger partial charge in [-0.3, -0.25) is 0 Å². The van der Waals surface area contributed by atoms with Crippen LogP contribution in [0, 0.1) is 0 Å². The molecule has 0 bridgehead atoms. The maximum absolute atomic E-state index is 10.1. The SMILES string of the molecule is CCCOc1ccc(C(O)c2cscn2)cc1. The fourth-order valence-electron chi connectivity index (χ4n) is 1.49. The van der Waals surface area contributed by atoms with E-state index in [0.29, 0.717) is 12.3 Å². The van der Waals surface area contributed by atoms with Crippen LogP contribution >= 0.6 is 11.3 Å². The predicted molar refractivity (Wildman–Crippen MR) is 68.4 cm³/mol. The summed E-state index contributed by atoms with van der Waals surface area (Å²) in [6, 6.07) is 7.49. The first-order valence-electron chi connectivity index (χ1n) is 5.60. The molecule has 3 nitrogen and oxygen atoms in total. The van der Waals surface area contributed by atoms with E-state index in [0.717, 1.165) is 17.7 Å². The van der Waals surface area contributed by atoms with Crippen molar-refractivity contribution in [2.45, 2.75) is 19.4 Å². The first kappa shape index (κ1) is 12.1. The van der Waals surface area contributed by atoms with Crippen LogP contribution in [0.15, 0.2) is 35.2 Å². The van der Waals surface area contributed by atoms with Crippen molar-refractivity contribution in [1.29, 1.82) is 0 Å². The lowest BCUT2D eigenvalue weighted by Gasteiger charge is -2.09. The van der Waals surface area contributed by atoms with Crippen molar-refractivity contribution in [3.8, 4) is 5.75 Å². The third-order valence-electron chi connectivity index (χ3n) is 2.40. The largest absolute Gasteiger partial charge is 0.494 e. The first-order chi connectivity index (χ1) is 8.31. The lowest BCUT2D eigenvalue weighted by molar-refractivity contribution is 0.216. The molecule has 1 unspecified atom stereocenters. The molecule has 2 aromatic rings. The van der Waals surface area contributed by atoms with E-state index >= 15 is 0 Å². The Labute approximate surface area is 105 Å². The Hall–Kier alpha value is -1.39. The van der Waals surface area contributed by atoms with Gasteiger partial charge in [-0.05, 0) is 24.1 Å². The normalized spacial score (nSPS) is 12.4. The summed E-state index contributed by atoms with van der Waals surface area (Å²) in [7, 11) is 0. The molecule has 1 aromatic carbocycles. The molecule has 0 saturated carbocycles. The molecule has 2 rings (SSSR count). The smallest absolute Gasteiger partial charge is 0.122 e. The van der Waals surface area contributed by atoms with Crippen LogP contribution in [-0.2, 0) is 0 Å². The Balaban J connectivity index is 2.07. The van der Waals surface area contributed by atoms with Crippen LogP contribution in [0.4, 0.5) is 0 Å². The number of hydrogen-bond donors (Lipinski definition) is 1.